The van der Waals surface area contributed by atoms with E-state index in [9.17, 15) is 14.7 Å². The van der Waals surface area contributed by atoms with Crippen molar-refractivity contribution in [2.75, 3.05) is 0 Å². The Kier molecular flexibility index (Phi) is 7.23. The molecule has 0 saturated heterocycles. The standard InChI is InChI=1S/C33H27ClN4O4S/c1-18-14-25-30(29(23(18)17-28(39)40)22-8-7-20(34)16-26(22)42-33(2,3)4)43-31(37-25)19-9-12-36-27(15-19)38-13-10-24-21(32(38)41)6-5-11-35-24/h5-16H,17H2,1-4H3,(H,39,40). The van der Waals surface area contributed by atoms with Crippen molar-refractivity contribution in [1.29, 1.82) is 0 Å². The SMILES string of the molecule is Cc1cc2nc(-c3ccnc(-n4ccc5ncccc5c4=O)c3)sc2c(-c2ccc(Cl)cc2OC(C)(C)C)c1CC(=O)O. The molecule has 4 heterocycles. The fourth-order valence-electron chi connectivity index (χ4n) is 5.08. The highest BCUT2D eigenvalue weighted by atomic mass is 35.5. The molecule has 4 aromatic heterocycles. The summed E-state index contributed by atoms with van der Waals surface area (Å²) in [7, 11) is 0. The van der Waals surface area contributed by atoms with Gasteiger partial charge in [-0.05, 0) is 93.4 Å². The van der Waals surface area contributed by atoms with Gasteiger partial charge < -0.3 is 9.84 Å². The van der Waals surface area contributed by atoms with Gasteiger partial charge in [-0.25, -0.2) is 9.97 Å². The number of carboxylic acid groups (broad SMARTS) is 1. The maximum atomic E-state index is 13.2. The summed E-state index contributed by atoms with van der Waals surface area (Å²) in [6, 6.07) is 16.2. The van der Waals surface area contributed by atoms with E-state index in [-0.39, 0.29) is 12.0 Å². The Balaban J connectivity index is 1.55. The van der Waals surface area contributed by atoms with Crippen LogP contribution in [-0.4, -0.2) is 36.2 Å². The minimum atomic E-state index is -0.935. The van der Waals surface area contributed by atoms with Crippen molar-refractivity contribution in [3.63, 3.8) is 0 Å². The van der Waals surface area contributed by atoms with E-state index in [1.165, 1.54) is 15.9 Å². The predicted octanol–water partition coefficient (Wildman–Crippen LogP) is 7.49. The summed E-state index contributed by atoms with van der Waals surface area (Å²) >= 11 is 7.83. The van der Waals surface area contributed by atoms with Crippen LogP contribution < -0.4 is 10.3 Å². The quantitative estimate of drug-likeness (QED) is 0.208. The summed E-state index contributed by atoms with van der Waals surface area (Å²) in [5.74, 6) is 0.0781. The molecule has 10 heteroatoms. The van der Waals surface area contributed by atoms with Gasteiger partial charge in [-0.3, -0.25) is 19.1 Å². The molecule has 0 saturated carbocycles. The maximum Gasteiger partial charge on any atom is 0.307 e. The van der Waals surface area contributed by atoms with Crippen molar-refractivity contribution >= 4 is 50.0 Å². The molecule has 0 unspecified atom stereocenters. The van der Waals surface area contributed by atoms with Gasteiger partial charge in [0.15, 0.2) is 0 Å². The molecule has 0 fully saturated rings. The number of carbonyl (C=O) groups is 1. The van der Waals surface area contributed by atoms with Crippen LogP contribution in [0.4, 0.5) is 0 Å². The van der Waals surface area contributed by atoms with Crippen molar-refractivity contribution < 1.29 is 14.6 Å². The molecular weight excluding hydrogens is 584 g/mol. The molecule has 0 aliphatic heterocycles. The van der Waals surface area contributed by atoms with Crippen LogP contribution in [0.15, 0.2) is 78.0 Å². The Morgan fingerprint density at radius 3 is 2.63 bits per heavy atom. The fourth-order valence-corrected chi connectivity index (χ4v) is 6.37. The van der Waals surface area contributed by atoms with Crippen LogP contribution in [-0.2, 0) is 11.2 Å². The second kappa shape index (κ2) is 10.9. The number of hydrogen-bond donors (Lipinski definition) is 1. The van der Waals surface area contributed by atoms with Crippen LogP contribution >= 0.6 is 22.9 Å². The van der Waals surface area contributed by atoms with Crippen LogP contribution in [0.1, 0.15) is 31.9 Å². The second-order valence-electron chi connectivity index (χ2n) is 11.2. The lowest BCUT2D eigenvalue weighted by Crippen LogP contribution is -2.23. The van der Waals surface area contributed by atoms with Crippen LogP contribution in [0, 0.1) is 6.92 Å². The number of halogens is 1. The molecule has 216 valence electrons. The van der Waals surface area contributed by atoms with Crippen molar-refractivity contribution in [3.05, 3.63) is 99.7 Å². The van der Waals surface area contributed by atoms with E-state index in [1.807, 2.05) is 52.0 Å². The number of rotatable bonds is 6. The molecule has 6 aromatic rings. The molecule has 0 spiro atoms. The number of benzene rings is 2. The lowest BCUT2D eigenvalue weighted by Gasteiger charge is -2.24. The summed E-state index contributed by atoms with van der Waals surface area (Å²) in [5.41, 5.74) is 4.37. The Labute approximate surface area is 256 Å². The summed E-state index contributed by atoms with van der Waals surface area (Å²) in [4.78, 5) is 38.9. The van der Waals surface area contributed by atoms with Crippen molar-refractivity contribution in [1.82, 2.24) is 19.5 Å². The van der Waals surface area contributed by atoms with E-state index in [4.69, 9.17) is 21.3 Å². The van der Waals surface area contributed by atoms with Gasteiger partial charge >= 0.3 is 5.97 Å². The largest absolute Gasteiger partial charge is 0.487 e. The Morgan fingerprint density at radius 2 is 1.86 bits per heavy atom. The summed E-state index contributed by atoms with van der Waals surface area (Å²) in [6.07, 6.45) is 4.80. The highest BCUT2D eigenvalue weighted by Gasteiger charge is 2.24. The normalized spacial score (nSPS) is 11.7. The van der Waals surface area contributed by atoms with Crippen LogP contribution in [0.3, 0.4) is 0 Å². The van der Waals surface area contributed by atoms with Gasteiger partial charge in [-0.2, -0.15) is 0 Å². The molecular formula is C33H27ClN4O4S. The van der Waals surface area contributed by atoms with Gasteiger partial charge in [-0.1, -0.05) is 11.6 Å². The number of carboxylic acids is 1. The third kappa shape index (κ3) is 5.61. The predicted molar refractivity (Wildman–Crippen MR) is 171 cm³/mol. The van der Waals surface area contributed by atoms with Gasteiger partial charge in [0.2, 0.25) is 0 Å². The highest BCUT2D eigenvalue weighted by molar-refractivity contribution is 7.22. The number of thiazole rings is 1. The average molecular weight is 611 g/mol. The molecule has 2 aromatic carbocycles. The third-order valence-corrected chi connectivity index (χ3v) is 8.25. The molecule has 0 aliphatic carbocycles. The van der Waals surface area contributed by atoms with E-state index >= 15 is 0 Å². The molecule has 8 nitrogen and oxygen atoms in total. The first-order valence-corrected chi connectivity index (χ1v) is 14.7. The fraction of sp³-hybridized carbons (Fsp3) is 0.182. The van der Waals surface area contributed by atoms with Gasteiger partial charge in [0, 0.05) is 40.3 Å². The first kappa shape index (κ1) is 28.5. The highest BCUT2D eigenvalue weighted by Crippen LogP contribution is 2.45. The van der Waals surface area contributed by atoms with E-state index in [2.05, 4.69) is 9.97 Å². The lowest BCUT2D eigenvalue weighted by atomic mass is 9.92. The van der Waals surface area contributed by atoms with E-state index < -0.39 is 11.6 Å². The zero-order chi connectivity index (χ0) is 30.5. The smallest absolute Gasteiger partial charge is 0.307 e. The monoisotopic (exact) mass is 610 g/mol. The minimum Gasteiger partial charge on any atom is -0.487 e. The minimum absolute atomic E-state index is 0.166. The number of aryl methyl sites for hydroxylation is 1. The van der Waals surface area contributed by atoms with Crippen molar-refractivity contribution in [3.8, 4) is 33.3 Å². The molecule has 43 heavy (non-hydrogen) atoms. The Hall–Kier alpha value is -4.60. The van der Waals surface area contributed by atoms with Gasteiger partial charge in [-0.15, -0.1) is 11.3 Å². The third-order valence-electron chi connectivity index (χ3n) is 6.88. The molecule has 1 N–H and O–H groups in total. The Bertz CT molecular complexity index is 2110. The van der Waals surface area contributed by atoms with Crippen LogP contribution in [0.5, 0.6) is 5.75 Å². The summed E-state index contributed by atoms with van der Waals surface area (Å²) in [6.45, 7) is 7.74. The van der Waals surface area contributed by atoms with E-state index in [1.54, 1.807) is 48.9 Å². The van der Waals surface area contributed by atoms with Gasteiger partial charge in [0.1, 0.15) is 22.2 Å². The Morgan fingerprint density at radius 1 is 1.05 bits per heavy atom. The van der Waals surface area contributed by atoms with Crippen molar-refractivity contribution in [2.45, 2.75) is 39.7 Å². The van der Waals surface area contributed by atoms with Crippen LogP contribution in [0.2, 0.25) is 5.02 Å². The zero-order valence-corrected chi connectivity index (χ0v) is 25.5. The number of aliphatic carboxylic acids is 1. The molecule has 6 rings (SSSR count). The first-order chi connectivity index (χ1) is 20.5. The number of hydrogen-bond acceptors (Lipinski definition) is 7. The maximum absolute atomic E-state index is 13.2. The first-order valence-electron chi connectivity index (χ1n) is 13.6. The topological polar surface area (TPSA) is 107 Å². The summed E-state index contributed by atoms with van der Waals surface area (Å²) < 4.78 is 8.64. The number of nitrogens with zero attached hydrogens (tertiary/aromatic N) is 4. The van der Waals surface area contributed by atoms with E-state index in [0.717, 1.165) is 32.5 Å². The summed E-state index contributed by atoms with van der Waals surface area (Å²) in [5, 5.41) is 11.6. The number of pyridine rings is 3. The zero-order valence-electron chi connectivity index (χ0n) is 23.9. The molecule has 0 bridgehead atoms. The molecule has 0 radical (unpaired) electrons. The average Bonchev–Trinajstić information content (AvgIpc) is 3.37. The molecule has 0 aliphatic rings. The lowest BCUT2D eigenvalue weighted by molar-refractivity contribution is -0.136. The van der Waals surface area contributed by atoms with Gasteiger partial charge in [0.25, 0.3) is 5.56 Å². The molecule has 0 amide bonds. The van der Waals surface area contributed by atoms with E-state index in [0.29, 0.717) is 38.1 Å². The van der Waals surface area contributed by atoms with Crippen LogP contribution in [0.25, 0.3) is 48.6 Å². The van der Waals surface area contributed by atoms with Gasteiger partial charge in [0.05, 0.1) is 27.5 Å². The number of fused-ring (bicyclic) bond motifs is 2. The second-order valence-corrected chi connectivity index (χ2v) is 12.6. The molecule has 0 atom stereocenters. The number of aromatic nitrogens is 4. The number of ether oxygens (including phenoxy) is 1. The van der Waals surface area contributed by atoms with Crippen molar-refractivity contribution in [2.24, 2.45) is 0 Å².